The van der Waals surface area contributed by atoms with Gasteiger partial charge in [0.1, 0.15) is 0 Å². The van der Waals surface area contributed by atoms with E-state index in [2.05, 4.69) is 10.6 Å². The number of benzene rings is 1. The summed E-state index contributed by atoms with van der Waals surface area (Å²) < 4.78 is 28.0. The predicted molar refractivity (Wildman–Crippen MR) is 125 cm³/mol. The highest BCUT2D eigenvalue weighted by Crippen LogP contribution is 2.55. The zero-order valence-corrected chi connectivity index (χ0v) is 20.4. The van der Waals surface area contributed by atoms with Gasteiger partial charge in [-0.15, -0.1) is 0 Å². The molecule has 1 heterocycles. The van der Waals surface area contributed by atoms with E-state index in [1.54, 1.807) is 29.4 Å². The predicted octanol–water partition coefficient (Wildman–Crippen LogP) is 4.32. The van der Waals surface area contributed by atoms with Gasteiger partial charge in [-0.2, -0.15) is 4.31 Å². The zero-order valence-electron chi connectivity index (χ0n) is 18.8. The lowest BCUT2D eigenvalue weighted by molar-refractivity contribution is -0.0135. The van der Waals surface area contributed by atoms with Crippen molar-refractivity contribution < 1.29 is 13.2 Å². The summed E-state index contributed by atoms with van der Waals surface area (Å²) in [6.45, 7) is 3.17. The molecule has 8 heteroatoms. The molecule has 0 aromatic heterocycles. The minimum atomic E-state index is -3.60. The topological polar surface area (TPSA) is 78.5 Å². The number of nitrogens with one attached hydrogen (secondary N) is 2. The number of nitrogens with zero attached hydrogens (tertiary/aromatic N) is 1. The van der Waals surface area contributed by atoms with Crippen molar-refractivity contribution in [2.45, 2.75) is 68.7 Å². The molecule has 2 N–H and O–H groups in total. The Kier molecular flexibility index (Phi) is 5.96. The quantitative estimate of drug-likeness (QED) is 0.660. The van der Waals surface area contributed by atoms with Crippen LogP contribution in [0.3, 0.4) is 0 Å². The minimum absolute atomic E-state index is 0.00905. The SMILES string of the molecule is Cc1c(Cl)cccc1S(=O)(=O)N1CCCC(CNC(=O)NC23CC4CC(CC(C4)C2)C3)C1. The van der Waals surface area contributed by atoms with E-state index in [1.165, 1.54) is 19.3 Å². The Labute approximate surface area is 196 Å². The van der Waals surface area contributed by atoms with Crippen LogP contribution in [0.1, 0.15) is 56.9 Å². The number of hydrogen-bond donors (Lipinski definition) is 2. The molecule has 6 nitrogen and oxygen atoms in total. The van der Waals surface area contributed by atoms with Crippen LogP contribution in [0.5, 0.6) is 0 Å². The van der Waals surface area contributed by atoms with E-state index in [0.29, 0.717) is 30.2 Å². The maximum atomic E-state index is 13.2. The number of hydrogen-bond acceptors (Lipinski definition) is 3. The van der Waals surface area contributed by atoms with Crippen molar-refractivity contribution in [1.29, 1.82) is 0 Å². The van der Waals surface area contributed by atoms with E-state index in [4.69, 9.17) is 11.6 Å². The van der Waals surface area contributed by atoms with E-state index in [-0.39, 0.29) is 22.4 Å². The van der Waals surface area contributed by atoms with E-state index in [9.17, 15) is 13.2 Å². The van der Waals surface area contributed by atoms with Crippen LogP contribution >= 0.6 is 11.6 Å². The fourth-order valence-electron chi connectivity index (χ4n) is 7.20. The van der Waals surface area contributed by atoms with E-state index >= 15 is 0 Å². The molecule has 5 fully saturated rings. The van der Waals surface area contributed by atoms with E-state index < -0.39 is 10.0 Å². The third-order valence-corrected chi connectivity index (χ3v) is 10.7. The molecule has 1 aromatic rings. The smallest absolute Gasteiger partial charge is 0.315 e. The van der Waals surface area contributed by atoms with E-state index in [1.807, 2.05) is 0 Å². The van der Waals surface area contributed by atoms with E-state index in [0.717, 1.165) is 49.9 Å². The number of piperidine rings is 1. The van der Waals surface area contributed by atoms with Crippen molar-refractivity contribution in [2.75, 3.05) is 19.6 Å². The van der Waals surface area contributed by atoms with Crippen molar-refractivity contribution in [3.63, 3.8) is 0 Å². The molecule has 1 saturated heterocycles. The molecule has 0 radical (unpaired) electrons. The normalized spacial score (nSPS) is 34.4. The third-order valence-electron chi connectivity index (χ3n) is 8.29. The number of sulfonamides is 1. The molecule has 32 heavy (non-hydrogen) atoms. The lowest BCUT2D eigenvalue weighted by Crippen LogP contribution is -2.61. The summed E-state index contributed by atoms with van der Waals surface area (Å²) in [5.74, 6) is 2.47. The van der Waals surface area contributed by atoms with Gasteiger partial charge in [0.25, 0.3) is 0 Å². The Hall–Kier alpha value is -1.31. The largest absolute Gasteiger partial charge is 0.338 e. The number of amides is 2. The highest BCUT2D eigenvalue weighted by Gasteiger charge is 2.51. The van der Waals surface area contributed by atoms with Crippen LogP contribution < -0.4 is 10.6 Å². The van der Waals surface area contributed by atoms with Gasteiger partial charge in [0.05, 0.1) is 4.90 Å². The van der Waals surface area contributed by atoms with Gasteiger partial charge < -0.3 is 10.6 Å². The summed E-state index contributed by atoms with van der Waals surface area (Å²) in [4.78, 5) is 13.1. The fraction of sp³-hybridized carbons (Fsp3) is 0.708. The fourth-order valence-corrected chi connectivity index (χ4v) is 9.24. The van der Waals surface area contributed by atoms with Crippen molar-refractivity contribution in [3.05, 3.63) is 28.8 Å². The number of carbonyl (C=O) groups excluding carboxylic acids is 1. The number of urea groups is 1. The van der Waals surface area contributed by atoms with Crippen LogP contribution in [-0.4, -0.2) is 43.9 Å². The van der Waals surface area contributed by atoms with Crippen molar-refractivity contribution >= 4 is 27.7 Å². The zero-order chi connectivity index (χ0) is 22.5. The number of rotatable bonds is 5. The maximum absolute atomic E-state index is 13.2. The lowest BCUT2D eigenvalue weighted by atomic mass is 9.53. The summed E-state index contributed by atoms with van der Waals surface area (Å²) in [5.41, 5.74) is 0.578. The monoisotopic (exact) mass is 479 g/mol. The summed E-state index contributed by atoms with van der Waals surface area (Å²) in [6, 6.07) is 4.93. The standard InChI is InChI=1S/C24H34ClN3O3S/c1-16-21(25)5-2-6-22(16)32(30,31)28-7-3-4-17(15-28)14-26-23(29)27-24-11-18-8-19(12-24)10-20(9-18)13-24/h2,5-6,17-20H,3-4,7-15H2,1H3,(H2,26,27,29). The van der Waals surface area contributed by atoms with Gasteiger partial charge in [-0.05, 0) is 99.7 Å². The highest BCUT2D eigenvalue weighted by molar-refractivity contribution is 7.89. The molecule has 5 aliphatic rings. The number of halogens is 1. The van der Waals surface area contributed by atoms with Crippen molar-refractivity contribution in [1.82, 2.24) is 14.9 Å². The molecule has 1 aliphatic heterocycles. The van der Waals surface area contributed by atoms with Crippen LogP contribution in [0.2, 0.25) is 5.02 Å². The second kappa shape index (κ2) is 8.48. The van der Waals surface area contributed by atoms with Gasteiger partial charge in [-0.25, -0.2) is 13.2 Å². The van der Waals surface area contributed by atoms with Crippen LogP contribution in [0.25, 0.3) is 0 Å². The average molecular weight is 480 g/mol. The van der Waals surface area contributed by atoms with Gasteiger partial charge in [0, 0.05) is 30.2 Å². The number of carbonyl (C=O) groups is 1. The Morgan fingerprint density at radius 1 is 1.16 bits per heavy atom. The molecule has 1 atom stereocenters. The van der Waals surface area contributed by atoms with Crippen LogP contribution in [-0.2, 0) is 10.0 Å². The van der Waals surface area contributed by atoms with Gasteiger partial charge in [-0.1, -0.05) is 17.7 Å². The van der Waals surface area contributed by atoms with Crippen LogP contribution in [0.4, 0.5) is 4.79 Å². The maximum Gasteiger partial charge on any atom is 0.315 e. The molecular formula is C24H34ClN3O3S. The summed E-state index contributed by atoms with van der Waals surface area (Å²) >= 11 is 6.16. The Bertz CT molecular complexity index is 961. The lowest BCUT2D eigenvalue weighted by Gasteiger charge is -2.56. The van der Waals surface area contributed by atoms with Crippen molar-refractivity contribution in [2.24, 2.45) is 23.7 Å². The summed E-state index contributed by atoms with van der Waals surface area (Å²) in [7, 11) is -3.60. The minimum Gasteiger partial charge on any atom is -0.338 e. The molecule has 176 valence electrons. The molecule has 6 rings (SSSR count). The first-order valence-electron chi connectivity index (χ1n) is 12.1. The van der Waals surface area contributed by atoms with Gasteiger partial charge in [0.2, 0.25) is 10.0 Å². The highest BCUT2D eigenvalue weighted by atomic mass is 35.5. The molecule has 4 bridgehead atoms. The summed E-state index contributed by atoms with van der Waals surface area (Å²) in [5, 5.41) is 6.88. The second-order valence-corrected chi connectivity index (χ2v) is 13.1. The van der Waals surface area contributed by atoms with Gasteiger partial charge >= 0.3 is 6.03 Å². The molecule has 1 unspecified atom stereocenters. The Morgan fingerprint density at radius 3 is 2.47 bits per heavy atom. The Balaban J connectivity index is 1.18. The first kappa shape index (κ1) is 22.5. The first-order chi connectivity index (χ1) is 15.2. The molecule has 4 saturated carbocycles. The second-order valence-electron chi connectivity index (χ2n) is 10.8. The third kappa shape index (κ3) is 4.28. The van der Waals surface area contributed by atoms with Gasteiger partial charge in [0.15, 0.2) is 0 Å². The molecule has 1 aromatic carbocycles. The van der Waals surface area contributed by atoms with Gasteiger partial charge in [-0.3, -0.25) is 0 Å². The van der Waals surface area contributed by atoms with Crippen LogP contribution in [0.15, 0.2) is 23.1 Å². The average Bonchev–Trinajstić information content (AvgIpc) is 2.73. The Morgan fingerprint density at radius 2 is 1.81 bits per heavy atom. The molecule has 4 aliphatic carbocycles. The first-order valence-corrected chi connectivity index (χ1v) is 13.9. The molecular weight excluding hydrogens is 446 g/mol. The van der Waals surface area contributed by atoms with Crippen LogP contribution in [0, 0.1) is 30.6 Å². The molecule has 0 spiro atoms. The summed E-state index contributed by atoms with van der Waals surface area (Å²) in [6.07, 6.45) is 9.13. The van der Waals surface area contributed by atoms with Crippen molar-refractivity contribution in [3.8, 4) is 0 Å². The molecule has 2 amide bonds.